The molecule has 0 bridgehead atoms. The number of hydrogen-bond acceptors (Lipinski definition) is 5. The number of rotatable bonds is 5. The lowest BCUT2D eigenvalue weighted by Gasteiger charge is -2.07. The zero-order valence-corrected chi connectivity index (χ0v) is 12.7. The molecule has 3 rings (SSSR count). The molecule has 0 amide bonds. The monoisotopic (exact) mass is 314 g/mol. The Hall–Kier alpha value is -2.54. The molecule has 0 saturated carbocycles. The third-order valence-corrected chi connectivity index (χ3v) is 3.92. The smallest absolute Gasteiger partial charge is 0.271 e. The summed E-state index contributed by atoms with van der Waals surface area (Å²) in [6.07, 6.45) is 3.39. The molecule has 0 saturated heterocycles. The van der Waals surface area contributed by atoms with E-state index in [1.807, 2.05) is 24.3 Å². The van der Waals surface area contributed by atoms with Gasteiger partial charge in [0.05, 0.1) is 7.11 Å². The van der Waals surface area contributed by atoms with Gasteiger partial charge >= 0.3 is 0 Å². The molecule has 0 radical (unpaired) electrons. The number of para-hydroxylation sites is 2. The van der Waals surface area contributed by atoms with Crippen molar-refractivity contribution in [2.75, 3.05) is 7.11 Å². The average molecular weight is 314 g/mol. The van der Waals surface area contributed by atoms with Crippen LogP contribution >= 0.6 is 11.8 Å². The zero-order chi connectivity index (χ0) is 15.4. The number of hydrogen-bond donors (Lipinski definition) is 1. The molecule has 112 valence electrons. The quantitative estimate of drug-likeness (QED) is 0.577. The first-order valence-corrected chi connectivity index (χ1v) is 7.60. The van der Waals surface area contributed by atoms with E-state index in [-0.39, 0.29) is 5.56 Å². The van der Waals surface area contributed by atoms with Crippen molar-refractivity contribution in [3.05, 3.63) is 64.8 Å². The zero-order valence-electron chi connectivity index (χ0n) is 11.9. The Morgan fingerprint density at radius 1 is 1.23 bits per heavy atom. The highest BCUT2D eigenvalue weighted by molar-refractivity contribution is 7.98. The molecule has 2 aromatic heterocycles. The summed E-state index contributed by atoms with van der Waals surface area (Å²) in [5.41, 5.74) is 1.35. The largest absolute Gasteiger partial charge is 0.494 e. The number of aromatic nitrogens is 4. The van der Waals surface area contributed by atoms with Gasteiger partial charge in [-0.25, -0.2) is 14.6 Å². The van der Waals surface area contributed by atoms with Crippen molar-refractivity contribution in [2.45, 2.75) is 10.9 Å². The van der Waals surface area contributed by atoms with Crippen molar-refractivity contribution in [2.24, 2.45) is 0 Å². The maximum absolute atomic E-state index is 12.2. The molecule has 0 aliphatic rings. The fourth-order valence-corrected chi connectivity index (χ4v) is 2.72. The summed E-state index contributed by atoms with van der Waals surface area (Å²) >= 11 is 1.46. The van der Waals surface area contributed by atoms with E-state index in [9.17, 15) is 4.79 Å². The van der Waals surface area contributed by atoms with Crippen LogP contribution in [0.5, 0.6) is 5.75 Å². The number of aromatic amines is 1. The van der Waals surface area contributed by atoms with E-state index < -0.39 is 0 Å². The molecule has 0 aliphatic carbocycles. The van der Waals surface area contributed by atoms with Crippen LogP contribution in [0.15, 0.2) is 58.7 Å². The predicted molar refractivity (Wildman–Crippen MR) is 84.5 cm³/mol. The van der Waals surface area contributed by atoms with E-state index >= 15 is 0 Å². The summed E-state index contributed by atoms with van der Waals surface area (Å²) in [5, 5.41) is 3.76. The number of methoxy groups -OCH3 is 1. The SMILES string of the molecule is COc1ccccc1-n1[nH]c(CSc2ncccn2)cc1=O. The maximum atomic E-state index is 12.2. The lowest BCUT2D eigenvalue weighted by molar-refractivity contribution is 0.411. The number of ether oxygens (including phenoxy) is 1. The van der Waals surface area contributed by atoms with Gasteiger partial charge in [-0.2, -0.15) is 0 Å². The molecule has 0 aliphatic heterocycles. The van der Waals surface area contributed by atoms with Gasteiger partial charge in [-0.15, -0.1) is 0 Å². The van der Waals surface area contributed by atoms with Crippen molar-refractivity contribution in [3.63, 3.8) is 0 Å². The Morgan fingerprint density at radius 2 is 2.00 bits per heavy atom. The summed E-state index contributed by atoms with van der Waals surface area (Å²) in [7, 11) is 1.58. The molecule has 0 fully saturated rings. The van der Waals surface area contributed by atoms with Gasteiger partial charge in [0.25, 0.3) is 5.56 Å². The number of nitrogens with zero attached hydrogens (tertiary/aromatic N) is 3. The summed E-state index contributed by atoms with van der Waals surface area (Å²) in [6.45, 7) is 0. The normalized spacial score (nSPS) is 10.6. The summed E-state index contributed by atoms with van der Waals surface area (Å²) in [5.74, 6) is 1.22. The lowest BCUT2D eigenvalue weighted by atomic mass is 10.3. The van der Waals surface area contributed by atoms with Gasteiger partial charge in [0, 0.05) is 29.9 Å². The Bertz CT molecular complexity index is 814. The minimum absolute atomic E-state index is 0.130. The van der Waals surface area contributed by atoms with E-state index in [1.54, 1.807) is 31.6 Å². The molecule has 3 aromatic rings. The molecule has 2 heterocycles. The minimum Gasteiger partial charge on any atom is -0.494 e. The van der Waals surface area contributed by atoms with Gasteiger partial charge in [0.15, 0.2) is 5.16 Å². The van der Waals surface area contributed by atoms with Gasteiger partial charge in [-0.1, -0.05) is 23.9 Å². The summed E-state index contributed by atoms with van der Waals surface area (Å²) < 4.78 is 6.76. The first kappa shape index (κ1) is 14.4. The van der Waals surface area contributed by atoms with Crippen molar-refractivity contribution < 1.29 is 4.74 Å². The van der Waals surface area contributed by atoms with Crippen LogP contribution in [-0.4, -0.2) is 26.9 Å². The van der Waals surface area contributed by atoms with E-state index in [0.717, 1.165) is 5.69 Å². The molecule has 1 aromatic carbocycles. The van der Waals surface area contributed by atoms with Gasteiger partial charge in [0.2, 0.25) is 0 Å². The number of thioether (sulfide) groups is 1. The van der Waals surface area contributed by atoms with Crippen LogP contribution < -0.4 is 10.3 Å². The Kier molecular flexibility index (Phi) is 4.24. The van der Waals surface area contributed by atoms with Crippen molar-refractivity contribution in [3.8, 4) is 11.4 Å². The first-order valence-electron chi connectivity index (χ1n) is 6.62. The molecule has 0 atom stereocenters. The molecule has 0 unspecified atom stereocenters. The number of benzene rings is 1. The molecule has 6 nitrogen and oxygen atoms in total. The fourth-order valence-electron chi connectivity index (χ4n) is 2.01. The van der Waals surface area contributed by atoms with Crippen LogP contribution in [-0.2, 0) is 5.75 Å². The first-order chi connectivity index (χ1) is 10.8. The Labute approximate surface area is 131 Å². The number of H-pyrrole nitrogens is 1. The van der Waals surface area contributed by atoms with Crippen molar-refractivity contribution >= 4 is 11.8 Å². The lowest BCUT2D eigenvalue weighted by Crippen LogP contribution is -2.14. The maximum Gasteiger partial charge on any atom is 0.271 e. The van der Waals surface area contributed by atoms with Crippen LogP contribution in [0, 0.1) is 0 Å². The van der Waals surface area contributed by atoms with Crippen LogP contribution in [0.4, 0.5) is 0 Å². The Morgan fingerprint density at radius 3 is 2.77 bits per heavy atom. The molecule has 0 spiro atoms. The molecular weight excluding hydrogens is 300 g/mol. The average Bonchev–Trinajstić information content (AvgIpc) is 2.94. The van der Waals surface area contributed by atoms with Crippen molar-refractivity contribution in [1.29, 1.82) is 0 Å². The third-order valence-electron chi connectivity index (χ3n) is 3.00. The summed E-state index contributed by atoms with van der Waals surface area (Å²) in [4.78, 5) is 20.4. The second-order valence-electron chi connectivity index (χ2n) is 4.45. The minimum atomic E-state index is -0.130. The highest BCUT2D eigenvalue weighted by Crippen LogP contribution is 2.21. The second-order valence-corrected chi connectivity index (χ2v) is 5.39. The standard InChI is InChI=1S/C15H14N4O2S/c1-21-13-6-3-2-5-12(13)19-14(20)9-11(18-19)10-22-15-16-7-4-8-17-15/h2-9,18H,10H2,1H3. The number of nitrogens with one attached hydrogen (secondary N) is 1. The van der Waals surface area contributed by atoms with Gasteiger partial charge in [0.1, 0.15) is 11.4 Å². The Balaban J connectivity index is 1.83. The van der Waals surface area contributed by atoms with E-state index in [0.29, 0.717) is 22.3 Å². The van der Waals surface area contributed by atoms with E-state index in [4.69, 9.17) is 4.74 Å². The highest BCUT2D eigenvalue weighted by Gasteiger charge is 2.10. The second kappa shape index (κ2) is 6.48. The van der Waals surface area contributed by atoms with Crippen LogP contribution in [0.1, 0.15) is 5.69 Å². The van der Waals surface area contributed by atoms with Crippen LogP contribution in [0.2, 0.25) is 0 Å². The molecule has 1 N–H and O–H groups in total. The van der Waals surface area contributed by atoms with Crippen LogP contribution in [0.25, 0.3) is 5.69 Å². The van der Waals surface area contributed by atoms with E-state index in [2.05, 4.69) is 15.1 Å². The molecule has 22 heavy (non-hydrogen) atoms. The highest BCUT2D eigenvalue weighted by atomic mass is 32.2. The van der Waals surface area contributed by atoms with Crippen molar-refractivity contribution in [1.82, 2.24) is 19.7 Å². The van der Waals surface area contributed by atoms with Gasteiger partial charge in [-0.05, 0) is 18.2 Å². The predicted octanol–water partition coefficient (Wildman–Crippen LogP) is 2.26. The van der Waals surface area contributed by atoms with Gasteiger partial charge < -0.3 is 4.74 Å². The topological polar surface area (TPSA) is 72.8 Å². The van der Waals surface area contributed by atoms with Crippen LogP contribution in [0.3, 0.4) is 0 Å². The van der Waals surface area contributed by atoms with E-state index in [1.165, 1.54) is 16.4 Å². The molecular formula is C15H14N4O2S. The fraction of sp³-hybridized carbons (Fsp3) is 0.133. The summed E-state index contributed by atoms with van der Waals surface area (Å²) in [6, 6.07) is 10.7. The van der Waals surface area contributed by atoms with Gasteiger partial charge in [-0.3, -0.25) is 9.89 Å². The molecule has 7 heteroatoms. The third kappa shape index (κ3) is 3.04.